The molecule has 2 rings (SSSR count). The highest BCUT2D eigenvalue weighted by molar-refractivity contribution is 5.86. The summed E-state index contributed by atoms with van der Waals surface area (Å²) in [5, 5.41) is 0. The minimum absolute atomic E-state index is 0.126. The first-order valence-corrected chi connectivity index (χ1v) is 6.27. The molecule has 0 bridgehead atoms. The Hall–Kier alpha value is -1.77. The number of nitrogens with zero attached hydrogens (tertiary/aromatic N) is 1. The Bertz CT molecular complexity index is 438. The first kappa shape index (κ1) is 12.7. The molecule has 1 aromatic rings. The fraction of sp³-hybridized carbons (Fsp3) is 0.400. The van der Waals surface area contributed by atoms with E-state index in [-0.39, 0.29) is 17.9 Å². The van der Waals surface area contributed by atoms with Crippen molar-refractivity contribution in [1.29, 1.82) is 0 Å². The van der Waals surface area contributed by atoms with Gasteiger partial charge in [0.1, 0.15) is 5.75 Å². The van der Waals surface area contributed by atoms with Gasteiger partial charge in [-0.2, -0.15) is 0 Å². The van der Waals surface area contributed by atoms with Crippen LogP contribution in [0, 0.1) is 5.92 Å². The summed E-state index contributed by atoms with van der Waals surface area (Å²) < 4.78 is 5.12. The number of likely N-dealkylation sites (tertiary alicyclic amines) is 1. The Balaban J connectivity index is 2.05. The predicted molar refractivity (Wildman–Crippen MR) is 71.3 cm³/mol. The van der Waals surface area contributed by atoms with Crippen LogP contribution in [0.4, 0.5) is 0 Å². The molecule has 0 radical (unpaired) electrons. The van der Waals surface area contributed by atoms with E-state index in [1.165, 1.54) is 0 Å². The molecule has 0 spiro atoms. The van der Waals surface area contributed by atoms with E-state index in [9.17, 15) is 4.79 Å². The standard InChI is InChI=1S/C15H19NO2/c1-4-13-14(5-2)16(15(13)17)10-11-6-8-12(18-3)9-7-11/h5-9,13-14H,2,4,10H2,1,3H3/t13-,14-/m1/s1. The highest BCUT2D eigenvalue weighted by Crippen LogP contribution is 2.31. The number of amides is 1. The second-order valence-electron chi connectivity index (χ2n) is 4.56. The second-order valence-corrected chi connectivity index (χ2v) is 4.56. The summed E-state index contributed by atoms with van der Waals surface area (Å²) in [5.41, 5.74) is 1.12. The highest BCUT2D eigenvalue weighted by atomic mass is 16.5. The third-order valence-electron chi connectivity index (χ3n) is 3.57. The number of hydrogen-bond acceptors (Lipinski definition) is 2. The third-order valence-corrected chi connectivity index (χ3v) is 3.57. The van der Waals surface area contributed by atoms with Crippen LogP contribution in [0.2, 0.25) is 0 Å². The number of β-lactam (4-membered cyclic amide) rings is 1. The Labute approximate surface area is 108 Å². The van der Waals surface area contributed by atoms with E-state index in [0.717, 1.165) is 17.7 Å². The minimum atomic E-state index is 0.126. The van der Waals surface area contributed by atoms with Crippen molar-refractivity contribution in [2.75, 3.05) is 7.11 Å². The topological polar surface area (TPSA) is 29.5 Å². The van der Waals surface area contributed by atoms with Gasteiger partial charge in [0.05, 0.1) is 19.1 Å². The van der Waals surface area contributed by atoms with Gasteiger partial charge >= 0.3 is 0 Å². The molecule has 1 aliphatic rings. The molecule has 0 unspecified atom stereocenters. The number of carbonyl (C=O) groups is 1. The first-order valence-electron chi connectivity index (χ1n) is 6.27. The van der Waals surface area contributed by atoms with E-state index < -0.39 is 0 Å². The predicted octanol–water partition coefficient (Wildman–Crippen LogP) is 2.62. The summed E-state index contributed by atoms with van der Waals surface area (Å²) >= 11 is 0. The molecule has 1 fully saturated rings. The van der Waals surface area contributed by atoms with Gasteiger partial charge in [-0.15, -0.1) is 6.58 Å². The molecular weight excluding hydrogens is 226 g/mol. The number of benzene rings is 1. The number of rotatable bonds is 5. The van der Waals surface area contributed by atoms with E-state index >= 15 is 0 Å². The van der Waals surface area contributed by atoms with Gasteiger partial charge in [0, 0.05) is 6.54 Å². The molecule has 3 heteroatoms. The molecule has 3 nitrogen and oxygen atoms in total. The van der Waals surface area contributed by atoms with Crippen molar-refractivity contribution in [2.45, 2.75) is 25.9 Å². The molecule has 0 N–H and O–H groups in total. The minimum Gasteiger partial charge on any atom is -0.497 e. The molecular formula is C15H19NO2. The Morgan fingerprint density at radius 1 is 1.39 bits per heavy atom. The summed E-state index contributed by atoms with van der Waals surface area (Å²) in [6.07, 6.45) is 2.76. The third kappa shape index (κ3) is 2.13. The van der Waals surface area contributed by atoms with Crippen molar-refractivity contribution in [2.24, 2.45) is 5.92 Å². The maximum atomic E-state index is 11.9. The summed E-state index contributed by atoms with van der Waals surface area (Å²) in [7, 11) is 1.65. The van der Waals surface area contributed by atoms with Gasteiger partial charge in [-0.1, -0.05) is 25.1 Å². The molecule has 0 aliphatic carbocycles. The van der Waals surface area contributed by atoms with E-state index in [0.29, 0.717) is 6.54 Å². The second kappa shape index (κ2) is 5.25. The van der Waals surface area contributed by atoms with Crippen LogP contribution in [0.25, 0.3) is 0 Å². The highest BCUT2D eigenvalue weighted by Gasteiger charge is 2.43. The van der Waals surface area contributed by atoms with Crippen LogP contribution in [0.3, 0.4) is 0 Å². The zero-order valence-electron chi connectivity index (χ0n) is 10.9. The molecule has 0 aromatic heterocycles. The number of ether oxygens (including phenoxy) is 1. The van der Waals surface area contributed by atoms with E-state index in [2.05, 4.69) is 6.58 Å². The Morgan fingerprint density at radius 2 is 2.06 bits per heavy atom. The van der Waals surface area contributed by atoms with Gasteiger partial charge in [-0.25, -0.2) is 0 Å². The van der Waals surface area contributed by atoms with Crippen LogP contribution < -0.4 is 4.74 Å². The van der Waals surface area contributed by atoms with Crippen molar-refractivity contribution in [1.82, 2.24) is 4.90 Å². The molecule has 96 valence electrons. The van der Waals surface area contributed by atoms with E-state index in [4.69, 9.17) is 4.74 Å². The average Bonchev–Trinajstić information content (AvgIpc) is 2.42. The lowest BCUT2D eigenvalue weighted by atomic mass is 9.85. The van der Waals surface area contributed by atoms with Crippen LogP contribution in [-0.2, 0) is 11.3 Å². The Kier molecular flexibility index (Phi) is 3.70. The van der Waals surface area contributed by atoms with E-state index in [1.54, 1.807) is 7.11 Å². The fourth-order valence-corrected chi connectivity index (χ4v) is 2.46. The van der Waals surface area contributed by atoms with Crippen LogP contribution in [0.5, 0.6) is 5.75 Å². The van der Waals surface area contributed by atoms with Crippen molar-refractivity contribution < 1.29 is 9.53 Å². The van der Waals surface area contributed by atoms with Crippen molar-refractivity contribution in [3.05, 3.63) is 42.5 Å². The molecule has 1 aliphatic heterocycles. The molecule has 1 amide bonds. The molecule has 18 heavy (non-hydrogen) atoms. The van der Waals surface area contributed by atoms with Gasteiger partial charge in [0.2, 0.25) is 5.91 Å². The number of carbonyl (C=O) groups excluding carboxylic acids is 1. The van der Waals surface area contributed by atoms with Crippen LogP contribution >= 0.6 is 0 Å². The zero-order chi connectivity index (χ0) is 13.1. The molecule has 1 heterocycles. The lowest BCUT2D eigenvalue weighted by molar-refractivity contribution is -0.154. The van der Waals surface area contributed by atoms with Gasteiger partial charge in [0.15, 0.2) is 0 Å². The quantitative estimate of drug-likeness (QED) is 0.589. The fourth-order valence-electron chi connectivity index (χ4n) is 2.46. The van der Waals surface area contributed by atoms with Crippen LogP contribution in [0.1, 0.15) is 18.9 Å². The summed E-state index contributed by atoms with van der Waals surface area (Å²) in [4.78, 5) is 13.8. The summed E-state index contributed by atoms with van der Waals surface area (Å²) in [6.45, 7) is 6.51. The molecule has 0 saturated carbocycles. The van der Waals surface area contributed by atoms with Crippen molar-refractivity contribution in [3.63, 3.8) is 0 Å². The van der Waals surface area contributed by atoms with Crippen molar-refractivity contribution in [3.8, 4) is 5.75 Å². The largest absolute Gasteiger partial charge is 0.497 e. The van der Waals surface area contributed by atoms with Gasteiger partial charge in [0.25, 0.3) is 0 Å². The molecule has 2 atom stereocenters. The van der Waals surface area contributed by atoms with Crippen LogP contribution in [0.15, 0.2) is 36.9 Å². The maximum absolute atomic E-state index is 11.9. The average molecular weight is 245 g/mol. The lowest BCUT2D eigenvalue weighted by Crippen LogP contribution is -2.58. The zero-order valence-corrected chi connectivity index (χ0v) is 10.9. The normalized spacial score (nSPS) is 22.6. The first-order chi connectivity index (χ1) is 8.71. The number of hydrogen-bond donors (Lipinski definition) is 0. The smallest absolute Gasteiger partial charge is 0.228 e. The van der Waals surface area contributed by atoms with Gasteiger partial charge in [-0.05, 0) is 24.1 Å². The van der Waals surface area contributed by atoms with E-state index in [1.807, 2.05) is 42.2 Å². The maximum Gasteiger partial charge on any atom is 0.228 e. The SMILES string of the molecule is C=C[C@@H]1[C@@H](CC)C(=O)N1Cc1ccc(OC)cc1. The van der Waals surface area contributed by atoms with Crippen molar-refractivity contribution >= 4 is 5.91 Å². The monoisotopic (exact) mass is 245 g/mol. The number of methoxy groups -OCH3 is 1. The molecule has 1 aromatic carbocycles. The molecule has 1 saturated heterocycles. The van der Waals surface area contributed by atoms with Gasteiger partial charge in [-0.3, -0.25) is 4.79 Å². The Morgan fingerprint density at radius 3 is 2.56 bits per heavy atom. The summed E-state index contributed by atoms with van der Waals surface area (Å²) in [5.74, 6) is 1.19. The van der Waals surface area contributed by atoms with Crippen LogP contribution in [-0.4, -0.2) is 24.0 Å². The van der Waals surface area contributed by atoms with Gasteiger partial charge < -0.3 is 9.64 Å². The summed E-state index contributed by atoms with van der Waals surface area (Å²) in [6, 6.07) is 8.00. The lowest BCUT2D eigenvalue weighted by Gasteiger charge is -2.45.